The molecule has 148 valence electrons. The van der Waals surface area contributed by atoms with E-state index in [9.17, 15) is 14.4 Å². The number of nitrogens with one attached hydrogen (secondary N) is 2. The summed E-state index contributed by atoms with van der Waals surface area (Å²) in [4.78, 5) is 35.6. The highest BCUT2D eigenvalue weighted by Crippen LogP contribution is 2.16. The Morgan fingerprint density at radius 1 is 0.750 bits per heavy atom. The van der Waals surface area contributed by atoms with Crippen molar-refractivity contribution in [2.45, 2.75) is 25.7 Å². The molecule has 0 aliphatic rings. The number of ketones is 1. The number of anilines is 2. The Bertz CT molecular complexity index is 823. The van der Waals surface area contributed by atoms with Gasteiger partial charge in [-0.1, -0.05) is 12.1 Å². The lowest BCUT2D eigenvalue weighted by Crippen LogP contribution is -2.12. The maximum Gasteiger partial charge on any atom is 0.225 e. The lowest BCUT2D eigenvalue weighted by molar-refractivity contribution is -0.116. The van der Waals surface area contributed by atoms with E-state index in [1.165, 1.54) is 0 Å². The molecular formula is C21H22Cl2N2O3. The van der Waals surface area contributed by atoms with E-state index in [1.807, 2.05) is 18.2 Å². The van der Waals surface area contributed by atoms with E-state index in [4.69, 9.17) is 23.2 Å². The zero-order valence-electron chi connectivity index (χ0n) is 15.3. The van der Waals surface area contributed by atoms with E-state index < -0.39 is 0 Å². The van der Waals surface area contributed by atoms with Crippen LogP contribution in [0, 0.1) is 0 Å². The third-order valence-electron chi connectivity index (χ3n) is 3.99. The molecule has 2 amide bonds. The van der Waals surface area contributed by atoms with Gasteiger partial charge < -0.3 is 10.6 Å². The second-order valence-corrected chi connectivity index (χ2v) is 6.93. The Morgan fingerprint density at radius 3 is 1.96 bits per heavy atom. The van der Waals surface area contributed by atoms with Gasteiger partial charge in [0.15, 0.2) is 5.78 Å². The lowest BCUT2D eigenvalue weighted by Gasteiger charge is -2.08. The van der Waals surface area contributed by atoms with Gasteiger partial charge in [0.25, 0.3) is 0 Å². The fourth-order valence-electron chi connectivity index (χ4n) is 2.56. The first kappa shape index (κ1) is 21.9. The molecule has 0 spiro atoms. The van der Waals surface area contributed by atoms with Gasteiger partial charge in [0.1, 0.15) is 0 Å². The number of alkyl halides is 2. The van der Waals surface area contributed by atoms with Crippen molar-refractivity contribution in [3.8, 4) is 0 Å². The van der Waals surface area contributed by atoms with Crippen LogP contribution >= 0.6 is 23.2 Å². The quantitative estimate of drug-likeness (QED) is 0.434. The zero-order valence-corrected chi connectivity index (χ0v) is 16.9. The summed E-state index contributed by atoms with van der Waals surface area (Å²) in [6.07, 6.45) is 1.41. The first-order valence-corrected chi connectivity index (χ1v) is 10.0. The summed E-state index contributed by atoms with van der Waals surface area (Å²) in [5.41, 5.74) is 2.87. The number of hydrogen-bond acceptors (Lipinski definition) is 3. The first-order valence-electron chi connectivity index (χ1n) is 8.95. The molecule has 0 radical (unpaired) electrons. The third-order valence-corrected chi connectivity index (χ3v) is 4.36. The molecule has 28 heavy (non-hydrogen) atoms. The summed E-state index contributed by atoms with van der Waals surface area (Å²) in [5.74, 6) is 0.249. The Hall–Kier alpha value is -2.37. The average Bonchev–Trinajstić information content (AvgIpc) is 2.67. The fourth-order valence-corrected chi connectivity index (χ4v) is 2.91. The third kappa shape index (κ3) is 7.33. The molecule has 0 aliphatic heterocycles. The Balaban J connectivity index is 1.89. The molecule has 0 aromatic heterocycles. The predicted molar refractivity (Wildman–Crippen MR) is 113 cm³/mol. The van der Waals surface area contributed by atoms with Gasteiger partial charge in [-0.25, -0.2) is 0 Å². The normalized spacial score (nSPS) is 10.4. The number of aryl methyl sites for hydroxylation is 1. The number of halogens is 2. The molecule has 0 heterocycles. The molecular weight excluding hydrogens is 399 g/mol. The Morgan fingerprint density at radius 2 is 1.36 bits per heavy atom. The van der Waals surface area contributed by atoms with Crippen LogP contribution in [-0.4, -0.2) is 29.4 Å². The standard InChI is InChI=1S/C21H22Cl2N2O3/c22-12-10-20(27)24-17-7-5-16(6-8-17)19(26)9-4-15-2-1-3-18(14-15)25-21(28)11-13-23/h1-3,5-8,14H,4,9-13H2,(H,24,27)(H,25,28). The number of rotatable bonds is 10. The smallest absolute Gasteiger partial charge is 0.225 e. The molecule has 0 fully saturated rings. The molecule has 0 atom stereocenters. The molecule has 0 saturated carbocycles. The number of carbonyl (C=O) groups excluding carboxylic acids is 3. The largest absolute Gasteiger partial charge is 0.326 e. The predicted octanol–water partition coefficient (Wildman–Crippen LogP) is 4.64. The second kappa shape index (κ2) is 11.5. The van der Waals surface area contributed by atoms with Gasteiger partial charge in [-0.15, -0.1) is 23.2 Å². The number of Topliss-reactive ketones (excluding diaryl/α,β-unsaturated/α-hetero) is 1. The van der Waals surface area contributed by atoms with Crippen LogP contribution < -0.4 is 10.6 Å². The SMILES string of the molecule is O=C(CCCl)Nc1ccc(C(=O)CCc2cccc(NC(=O)CCCl)c2)cc1. The van der Waals surface area contributed by atoms with E-state index in [1.54, 1.807) is 30.3 Å². The lowest BCUT2D eigenvalue weighted by atomic mass is 10.0. The van der Waals surface area contributed by atoms with Crippen LogP contribution in [0.2, 0.25) is 0 Å². The summed E-state index contributed by atoms with van der Waals surface area (Å²) in [5, 5.41) is 5.50. The number of amides is 2. The van der Waals surface area contributed by atoms with Crippen molar-refractivity contribution in [1.29, 1.82) is 0 Å². The minimum atomic E-state index is -0.160. The van der Waals surface area contributed by atoms with Crippen molar-refractivity contribution < 1.29 is 14.4 Å². The van der Waals surface area contributed by atoms with Crippen LogP contribution in [0.5, 0.6) is 0 Å². The summed E-state index contributed by atoms with van der Waals surface area (Å²) in [7, 11) is 0. The van der Waals surface area contributed by atoms with Crippen LogP contribution in [0.3, 0.4) is 0 Å². The second-order valence-electron chi connectivity index (χ2n) is 6.18. The highest BCUT2D eigenvalue weighted by molar-refractivity contribution is 6.19. The van der Waals surface area contributed by atoms with Gasteiger partial charge >= 0.3 is 0 Å². The first-order chi connectivity index (χ1) is 13.5. The summed E-state index contributed by atoms with van der Waals surface area (Å²) < 4.78 is 0. The van der Waals surface area contributed by atoms with Crippen LogP contribution in [0.15, 0.2) is 48.5 Å². The van der Waals surface area contributed by atoms with E-state index in [0.29, 0.717) is 29.8 Å². The van der Waals surface area contributed by atoms with Crippen LogP contribution in [-0.2, 0) is 16.0 Å². The van der Waals surface area contributed by atoms with Crippen LogP contribution in [0.25, 0.3) is 0 Å². The summed E-state index contributed by atoms with van der Waals surface area (Å²) in [6, 6.07) is 14.2. The maximum absolute atomic E-state index is 12.4. The van der Waals surface area contributed by atoms with Crippen molar-refractivity contribution in [2.75, 3.05) is 22.4 Å². The molecule has 0 saturated heterocycles. The van der Waals surface area contributed by atoms with Crippen molar-refractivity contribution in [3.63, 3.8) is 0 Å². The van der Waals surface area contributed by atoms with Gasteiger partial charge in [0.05, 0.1) is 0 Å². The van der Waals surface area contributed by atoms with Gasteiger partial charge in [-0.05, 0) is 48.4 Å². The van der Waals surface area contributed by atoms with Gasteiger partial charge in [0, 0.05) is 48.0 Å². The van der Waals surface area contributed by atoms with Crippen molar-refractivity contribution in [3.05, 3.63) is 59.7 Å². The maximum atomic E-state index is 12.4. The monoisotopic (exact) mass is 420 g/mol. The van der Waals surface area contributed by atoms with Crippen molar-refractivity contribution in [2.24, 2.45) is 0 Å². The topological polar surface area (TPSA) is 75.3 Å². The number of benzene rings is 2. The van der Waals surface area contributed by atoms with E-state index in [-0.39, 0.29) is 42.2 Å². The molecule has 5 nitrogen and oxygen atoms in total. The molecule has 2 N–H and O–H groups in total. The highest BCUT2D eigenvalue weighted by Gasteiger charge is 2.08. The molecule has 2 aromatic carbocycles. The zero-order chi connectivity index (χ0) is 20.4. The molecule has 0 unspecified atom stereocenters. The number of hydrogen-bond donors (Lipinski definition) is 2. The molecule has 2 rings (SSSR count). The Labute approximate surface area is 174 Å². The van der Waals surface area contributed by atoms with Gasteiger partial charge in [-0.3, -0.25) is 14.4 Å². The van der Waals surface area contributed by atoms with Crippen molar-refractivity contribution >= 4 is 52.2 Å². The minimum absolute atomic E-state index is 0.00946. The molecule has 7 heteroatoms. The van der Waals surface area contributed by atoms with E-state index >= 15 is 0 Å². The van der Waals surface area contributed by atoms with Crippen LogP contribution in [0.4, 0.5) is 11.4 Å². The van der Waals surface area contributed by atoms with Crippen LogP contribution in [0.1, 0.15) is 35.2 Å². The minimum Gasteiger partial charge on any atom is -0.326 e. The van der Waals surface area contributed by atoms with Gasteiger partial charge in [0.2, 0.25) is 11.8 Å². The molecule has 2 aromatic rings. The highest BCUT2D eigenvalue weighted by atomic mass is 35.5. The van der Waals surface area contributed by atoms with Gasteiger partial charge in [-0.2, -0.15) is 0 Å². The van der Waals surface area contributed by atoms with E-state index in [2.05, 4.69) is 10.6 Å². The van der Waals surface area contributed by atoms with E-state index in [0.717, 1.165) is 5.56 Å². The Kier molecular flexibility index (Phi) is 8.98. The van der Waals surface area contributed by atoms with Crippen molar-refractivity contribution in [1.82, 2.24) is 0 Å². The molecule has 0 aliphatic carbocycles. The summed E-state index contributed by atoms with van der Waals surface area (Å²) >= 11 is 11.1. The molecule has 0 bridgehead atoms. The summed E-state index contributed by atoms with van der Waals surface area (Å²) in [6.45, 7) is 0. The number of carbonyl (C=O) groups is 3. The average molecular weight is 421 g/mol. The fraction of sp³-hybridized carbons (Fsp3) is 0.286.